The minimum absolute atomic E-state index is 0.226. The number of hydrogen-bond acceptors (Lipinski definition) is 6. The number of carbonyl (C=O) groups excluding carboxylic acids is 2. The standard InChI is InChI=1S/C15H19N3O3S/c1-4-6-7-8-10-17-18-14(20)12(11-13(19)21-3)22-15(18)16-9-5-2/h5,7-8,10-11H,2,4,6,9H2,1,3H3/b8-7+,12-11-,16-15?,17-10+. The van der Waals surface area contributed by atoms with Crippen LogP contribution < -0.4 is 0 Å². The van der Waals surface area contributed by atoms with Crippen LogP contribution in [0.3, 0.4) is 0 Å². The Morgan fingerprint density at radius 1 is 1.50 bits per heavy atom. The number of methoxy groups -OCH3 is 1. The minimum Gasteiger partial charge on any atom is -0.466 e. The van der Waals surface area contributed by atoms with Crippen LogP contribution in [0.15, 0.2) is 45.9 Å². The molecule has 0 saturated carbocycles. The number of amides is 1. The Labute approximate surface area is 134 Å². The van der Waals surface area contributed by atoms with Crippen LogP contribution in [0, 0.1) is 0 Å². The highest BCUT2D eigenvalue weighted by atomic mass is 32.2. The molecule has 0 aromatic carbocycles. The molecule has 22 heavy (non-hydrogen) atoms. The molecule has 1 heterocycles. The second-order valence-electron chi connectivity index (χ2n) is 4.14. The fourth-order valence-corrected chi connectivity index (χ4v) is 2.29. The Kier molecular flexibility index (Phi) is 7.91. The van der Waals surface area contributed by atoms with Crippen molar-refractivity contribution in [1.82, 2.24) is 5.01 Å². The Morgan fingerprint density at radius 3 is 2.91 bits per heavy atom. The number of nitrogens with zero attached hydrogens (tertiary/aromatic N) is 3. The van der Waals surface area contributed by atoms with Crippen molar-refractivity contribution in [2.24, 2.45) is 10.1 Å². The molecule has 0 radical (unpaired) electrons. The SMILES string of the molecule is C=CCN=C1S/C(=C\C(=O)OC)C(=O)N1/N=C/C=C/CCC. The summed E-state index contributed by atoms with van der Waals surface area (Å²) in [7, 11) is 1.25. The summed E-state index contributed by atoms with van der Waals surface area (Å²) >= 11 is 1.08. The predicted octanol–water partition coefficient (Wildman–Crippen LogP) is 2.50. The normalized spacial score (nSPS) is 19.0. The molecular formula is C15H19N3O3S. The van der Waals surface area contributed by atoms with Crippen molar-refractivity contribution in [3.63, 3.8) is 0 Å². The van der Waals surface area contributed by atoms with E-state index in [9.17, 15) is 9.59 Å². The highest BCUT2D eigenvalue weighted by Crippen LogP contribution is 2.31. The molecule has 0 aliphatic carbocycles. The second kappa shape index (κ2) is 9.73. The number of hydrogen-bond donors (Lipinski definition) is 0. The molecule has 0 bridgehead atoms. The third-order valence-electron chi connectivity index (χ3n) is 2.45. The summed E-state index contributed by atoms with van der Waals surface area (Å²) in [6, 6.07) is 0. The van der Waals surface area contributed by atoms with Crippen LogP contribution in [0.25, 0.3) is 0 Å². The zero-order chi connectivity index (χ0) is 16.4. The average Bonchev–Trinajstić information content (AvgIpc) is 2.81. The Bertz CT molecular complexity index is 550. The zero-order valence-electron chi connectivity index (χ0n) is 12.7. The van der Waals surface area contributed by atoms with Crippen LogP contribution in [0.2, 0.25) is 0 Å². The zero-order valence-corrected chi connectivity index (χ0v) is 13.5. The van der Waals surface area contributed by atoms with Gasteiger partial charge in [0.15, 0.2) is 5.17 Å². The molecule has 7 heteroatoms. The van der Waals surface area contributed by atoms with Gasteiger partial charge in [-0.2, -0.15) is 10.1 Å². The van der Waals surface area contributed by atoms with Crippen LogP contribution in [-0.4, -0.2) is 41.9 Å². The first kappa shape index (κ1) is 17.9. The largest absolute Gasteiger partial charge is 0.466 e. The van der Waals surface area contributed by atoms with E-state index in [0.717, 1.165) is 30.7 Å². The van der Waals surface area contributed by atoms with Gasteiger partial charge in [0, 0.05) is 12.3 Å². The van der Waals surface area contributed by atoms with Gasteiger partial charge in [-0.05, 0) is 24.3 Å². The van der Waals surface area contributed by atoms with E-state index in [2.05, 4.69) is 28.3 Å². The van der Waals surface area contributed by atoms with Crippen molar-refractivity contribution in [1.29, 1.82) is 0 Å². The van der Waals surface area contributed by atoms with Crippen molar-refractivity contribution < 1.29 is 14.3 Å². The number of allylic oxidation sites excluding steroid dienone is 2. The van der Waals surface area contributed by atoms with Gasteiger partial charge in [0.25, 0.3) is 5.91 Å². The van der Waals surface area contributed by atoms with Gasteiger partial charge in [-0.3, -0.25) is 9.79 Å². The predicted molar refractivity (Wildman–Crippen MR) is 89.6 cm³/mol. The molecule has 0 N–H and O–H groups in total. The molecule has 1 rings (SSSR count). The van der Waals surface area contributed by atoms with Crippen molar-refractivity contribution >= 4 is 35.0 Å². The number of ether oxygens (including phenoxy) is 1. The number of thioether (sulfide) groups is 1. The lowest BCUT2D eigenvalue weighted by Gasteiger charge is -2.06. The van der Waals surface area contributed by atoms with Crippen LogP contribution in [0.5, 0.6) is 0 Å². The quantitative estimate of drug-likeness (QED) is 0.313. The summed E-state index contributed by atoms with van der Waals surface area (Å²) < 4.78 is 4.53. The number of carbonyl (C=O) groups is 2. The number of hydrazone groups is 1. The van der Waals surface area contributed by atoms with Gasteiger partial charge in [0.2, 0.25) is 0 Å². The molecule has 1 aliphatic heterocycles. The van der Waals surface area contributed by atoms with Gasteiger partial charge in [0.05, 0.1) is 18.6 Å². The van der Waals surface area contributed by atoms with E-state index in [4.69, 9.17) is 0 Å². The van der Waals surface area contributed by atoms with Gasteiger partial charge in [-0.15, -0.1) is 6.58 Å². The molecule has 6 nitrogen and oxygen atoms in total. The topological polar surface area (TPSA) is 71.3 Å². The van der Waals surface area contributed by atoms with E-state index in [1.54, 1.807) is 12.2 Å². The lowest BCUT2D eigenvalue weighted by atomic mass is 10.3. The molecular weight excluding hydrogens is 302 g/mol. The molecule has 0 atom stereocenters. The summed E-state index contributed by atoms with van der Waals surface area (Å²) in [5.74, 6) is -0.994. The molecule has 0 spiro atoms. The van der Waals surface area contributed by atoms with Gasteiger partial charge >= 0.3 is 5.97 Å². The molecule has 118 valence electrons. The Balaban J connectivity index is 2.94. The fourth-order valence-electron chi connectivity index (χ4n) is 1.41. The lowest BCUT2D eigenvalue weighted by Crippen LogP contribution is -2.23. The monoisotopic (exact) mass is 321 g/mol. The second-order valence-corrected chi connectivity index (χ2v) is 5.15. The lowest BCUT2D eigenvalue weighted by molar-refractivity contribution is -0.135. The van der Waals surface area contributed by atoms with Crippen LogP contribution in [-0.2, 0) is 14.3 Å². The number of amidine groups is 1. The maximum Gasteiger partial charge on any atom is 0.331 e. The molecule has 0 aromatic heterocycles. The highest BCUT2D eigenvalue weighted by molar-refractivity contribution is 8.18. The van der Waals surface area contributed by atoms with Gasteiger partial charge < -0.3 is 4.74 Å². The average molecular weight is 321 g/mol. The van der Waals surface area contributed by atoms with E-state index in [-0.39, 0.29) is 4.91 Å². The summed E-state index contributed by atoms with van der Waals surface area (Å²) in [5.41, 5.74) is 0. The Hall–Kier alpha value is -2.15. The van der Waals surface area contributed by atoms with E-state index < -0.39 is 11.9 Å². The number of rotatable bonds is 7. The molecule has 1 aliphatic rings. The van der Waals surface area contributed by atoms with E-state index in [1.165, 1.54) is 18.3 Å². The molecule has 1 saturated heterocycles. The highest BCUT2D eigenvalue weighted by Gasteiger charge is 2.33. The molecule has 0 unspecified atom stereocenters. The minimum atomic E-state index is -0.590. The number of esters is 1. The summed E-state index contributed by atoms with van der Waals surface area (Å²) in [5, 5.41) is 5.66. The molecule has 1 fully saturated rings. The van der Waals surface area contributed by atoms with Crippen molar-refractivity contribution in [3.05, 3.63) is 35.8 Å². The van der Waals surface area contributed by atoms with E-state index in [0.29, 0.717) is 11.7 Å². The first-order valence-corrected chi connectivity index (χ1v) is 7.62. The van der Waals surface area contributed by atoms with Crippen molar-refractivity contribution in [2.45, 2.75) is 19.8 Å². The van der Waals surface area contributed by atoms with E-state index >= 15 is 0 Å². The summed E-state index contributed by atoms with van der Waals surface area (Å²) in [6.07, 6.45) is 10.00. The fraction of sp³-hybridized carbons (Fsp3) is 0.333. The summed E-state index contributed by atoms with van der Waals surface area (Å²) in [6.45, 7) is 6.02. The van der Waals surface area contributed by atoms with Crippen molar-refractivity contribution in [2.75, 3.05) is 13.7 Å². The van der Waals surface area contributed by atoms with Gasteiger partial charge in [0.1, 0.15) is 0 Å². The number of aliphatic imine (C=N–C) groups is 1. The maximum atomic E-state index is 12.2. The Morgan fingerprint density at radius 2 is 2.27 bits per heavy atom. The van der Waals surface area contributed by atoms with Crippen LogP contribution in [0.4, 0.5) is 0 Å². The third kappa shape index (κ3) is 5.33. The molecule has 1 amide bonds. The molecule has 0 aromatic rings. The first-order chi connectivity index (χ1) is 10.6. The van der Waals surface area contributed by atoms with Crippen LogP contribution >= 0.6 is 11.8 Å². The first-order valence-electron chi connectivity index (χ1n) is 6.80. The van der Waals surface area contributed by atoms with Gasteiger partial charge in [-0.25, -0.2) is 4.79 Å². The summed E-state index contributed by atoms with van der Waals surface area (Å²) in [4.78, 5) is 28.0. The smallest absolute Gasteiger partial charge is 0.331 e. The van der Waals surface area contributed by atoms with E-state index in [1.807, 2.05) is 6.08 Å². The third-order valence-corrected chi connectivity index (χ3v) is 3.45. The van der Waals surface area contributed by atoms with Crippen molar-refractivity contribution in [3.8, 4) is 0 Å². The maximum absolute atomic E-state index is 12.2. The van der Waals surface area contributed by atoms with Gasteiger partial charge in [-0.1, -0.05) is 25.5 Å². The van der Waals surface area contributed by atoms with Crippen LogP contribution in [0.1, 0.15) is 19.8 Å². The number of unbranched alkanes of at least 4 members (excludes halogenated alkanes) is 1.